The third kappa shape index (κ3) is 2.91. The molecule has 0 amide bonds. The molecule has 1 aromatic carbocycles. The monoisotopic (exact) mass is 308 g/mol. The number of fused-ring (bicyclic) bond motifs is 1. The molecule has 4 rings (SSSR count). The minimum absolute atomic E-state index is 0.321. The minimum Gasteiger partial charge on any atom is -0.380 e. The van der Waals surface area contributed by atoms with Crippen LogP contribution < -0.4 is 0 Å². The van der Waals surface area contributed by atoms with Gasteiger partial charge in [-0.2, -0.15) is 0 Å². The van der Waals surface area contributed by atoms with Crippen molar-refractivity contribution in [2.24, 2.45) is 0 Å². The van der Waals surface area contributed by atoms with Crippen molar-refractivity contribution < 1.29 is 4.74 Å². The molecule has 1 fully saturated rings. The van der Waals surface area contributed by atoms with Crippen molar-refractivity contribution in [3.63, 3.8) is 0 Å². The largest absolute Gasteiger partial charge is 0.380 e. The van der Waals surface area contributed by atoms with Crippen LogP contribution in [0.5, 0.6) is 0 Å². The fraction of sp³-hybridized carbons (Fsp3) is 0.450. The van der Waals surface area contributed by atoms with Crippen molar-refractivity contribution in [1.82, 2.24) is 9.88 Å². The lowest BCUT2D eigenvalue weighted by Crippen LogP contribution is -2.39. The molecule has 0 spiro atoms. The summed E-state index contributed by atoms with van der Waals surface area (Å²) in [5, 5.41) is 0. The second-order valence-electron chi connectivity index (χ2n) is 6.69. The summed E-state index contributed by atoms with van der Waals surface area (Å²) >= 11 is 0. The zero-order chi connectivity index (χ0) is 15.6. The summed E-state index contributed by atoms with van der Waals surface area (Å²) in [6.07, 6.45) is 5.47. The van der Waals surface area contributed by atoms with Crippen molar-refractivity contribution in [1.29, 1.82) is 0 Å². The van der Waals surface area contributed by atoms with Gasteiger partial charge in [-0.3, -0.25) is 9.88 Å². The number of aromatic nitrogens is 1. The molecule has 2 atom stereocenters. The molecule has 3 heterocycles. The summed E-state index contributed by atoms with van der Waals surface area (Å²) in [7, 11) is 0. The molecular weight excluding hydrogens is 284 g/mol. The van der Waals surface area contributed by atoms with E-state index < -0.39 is 0 Å². The van der Waals surface area contributed by atoms with Crippen molar-refractivity contribution >= 4 is 0 Å². The third-order valence-corrected chi connectivity index (χ3v) is 5.15. The number of hydrogen-bond donors (Lipinski definition) is 0. The van der Waals surface area contributed by atoms with Crippen LogP contribution in [0, 0.1) is 6.92 Å². The molecule has 120 valence electrons. The van der Waals surface area contributed by atoms with Gasteiger partial charge in [-0.1, -0.05) is 24.3 Å². The Hall–Kier alpha value is -1.71. The van der Waals surface area contributed by atoms with Gasteiger partial charge in [0.25, 0.3) is 0 Å². The Morgan fingerprint density at radius 1 is 1.22 bits per heavy atom. The van der Waals surface area contributed by atoms with Crippen LogP contribution in [-0.2, 0) is 11.2 Å². The SMILES string of the molecule is Cc1cc([C@H]2c3ccccc3CCCN2[C@H]2CCOC2)ccn1. The van der Waals surface area contributed by atoms with Crippen LogP contribution in [0.3, 0.4) is 0 Å². The molecule has 1 saturated heterocycles. The predicted octanol–water partition coefficient (Wildman–Crippen LogP) is 3.52. The van der Waals surface area contributed by atoms with Gasteiger partial charge in [0, 0.05) is 24.5 Å². The van der Waals surface area contributed by atoms with E-state index in [2.05, 4.69) is 53.2 Å². The lowest BCUT2D eigenvalue weighted by Gasteiger charge is -2.35. The molecule has 2 aliphatic rings. The highest BCUT2D eigenvalue weighted by atomic mass is 16.5. The number of ether oxygens (including phenoxy) is 1. The first-order chi connectivity index (χ1) is 11.3. The normalized spacial score (nSPS) is 25.1. The summed E-state index contributed by atoms with van der Waals surface area (Å²) in [4.78, 5) is 7.07. The van der Waals surface area contributed by atoms with Crippen molar-refractivity contribution in [3.05, 3.63) is 65.0 Å². The number of rotatable bonds is 2. The van der Waals surface area contributed by atoms with Crippen molar-refractivity contribution in [3.8, 4) is 0 Å². The summed E-state index contributed by atoms with van der Waals surface area (Å²) < 4.78 is 5.69. The van der Waals surface area contributed by atoms with E-state index in [4.69, 9.17) is 4.74 Å². The number of hydrogen-bond acceptors (Lipinski definition) is 3. The number of aryl methyl sites for hydroxylation is 2. The number of benzene rings is 1. The molecular formula is C20H24N2O. The Balaban J connectivity index is 1.82. The molecule has 0 aliphatic carbocycles. The molecule has 23 heavy (non-hydrogen) atoms. The quantitative estimate of drug-likeness (QED) is 0.849. The van der Waals surface area contributed by atoms with Crippen LogP contribution in [0.15, 0.2) is 42.6 Å². The van der Waals surface area contributed by atoms with Crippen LogP contribution in [0.4, 0.5) is 0 Å². The van der Waals surface area contributed by atoms with Gasteiger partial charge in [-0.05, 0) is 61.6 Å². The summed E-state index contributed by atoms with van der Waals surface area (Å²) in [6, 6.07) is 14.2. The van der Waals surface area contributed by atoms with E-state index in [1.165, 1.54) is 29.5 Å². The Bertz CT molecular complexity index is 679. The van der Waals surface area contributed by atoms with Crippen LogP contribution in [0.2, 0.25) is 0 Å². The van der Waals surface area contributed by atoms with E-state index in [1.54, 1.807) is 0 Å². The maximum absolute atomic E-state index is 5.69. The van der Waals surface area contributed by atoms with Crippen LogP contribution in [0.25, 0.3) is 0 Å². The second kappa shape index (κ2) is 6.42. The maximum Gasteiger partial charge on any atom is 0.0623 e. The van der Waals surface area contributed by atoms with Gasteiger partial charge in [-0.25, -0.2) is 0 Å². The molecule has 0 saturated carbocycles. The van der Waals surface area contributed by atoms with Crippen LogP contribution in [0.1, 0.15) is 41.3 Å². The molecule has 0 radical (unpaired) electrons. The Kier molecular flexibility index (Phi) is 4.15. The van der Waals surface area contributed by atoms with Gasteiger partial charge < -0.3 is 4.74 Å². The highest BCUT2D eigenvalue weighted by molar-refractivity contribution is 5.39. The predicted molar refractivity (Wildman–Crippen MR) is 91.5 cm³/mol. The second-order valence-corrected chi connectivity index (χ2v) is 6.69. The summed E-state index contributed by atoms with van der Waals surface area (Å²) in [5.41, 5.74) is 5.40. The molecule has 2 aliphatic heterocycles. The smallest absolute Gasteiger partial charge is 0.0623 e. The van der Waals surface area contributed by atoms with Crippen molar-refractivity contribution in [2.75, 3.05) is 19.8 Å². The first-order valence-electron chi connectivity index (χ1n) is 8.67. The minimum atomic E-state index is 0.321. The van der Waals surface area contributed by atoms with E-state index in [1.807, 2.05) is 6.20 Å². The highest BCUT2D eigenvalue weighted by Crippen LogP contribution is 2.37. The average Bonchev–Trinajstić information content (AvgIpc) is 3.02. The van der Waals surface area contributed by atoms with E-state index >= 15 is 0 Å². The molecule has 2 aromatic rings. The third-order valence-electron chi connectivity index (χ3n) is 5.15. The van der Waals surface area contributed by atoms with Gasteiger partial charge in [0.1, 0.15) is 0 Å². The summed E-state index contributed by atoms with van der Waals surface area (Å²) in [5.74, 6) is 0. The molecule has 0 bridgehead atoms. The van der Waals surface area contributed by atoms with Gasteiger partial charge in [0.15, 0.2) is 0 Å². The lowest BCUT2D eigenvalue weighted by molar-refractivity contribution is 0.123. The molecule has 0 N–H and O–H groups in total. The van der Waals surface area contributed by atoms with Gasteiger partial charge in [0.05, 0.1) is 12.6 Å². The first kappa shape index (κ1) is 14.9. The van der Waals surface area contributed by atoms with E-state index in [9.17, 15) is 0 Å². The fourth-order valence-electron chi connectivity index (χ4n) is 4.07. The Labute approximate surface area is 138 Å². The topological polar surface area (TPSA) is 25.4 Å². The number of nitrogens with zero attached hydrogens (tertiary/aromatic N) is 2. The zero-order valence-electron chi connectivity index (χ0n) is 13.7. The fourth-order valence-corrected chi connectivity index (χ4v) is 4.07. The Morgan fingerprint density at radius 2 is 2.13 bits per heavy atom. The maximum atomic E-state index is 5.69. The lowest BCUT2D eigenvalue weighted by atomic mass is 9.92. The Morgan fingerprint density at radius 3 is 2.96 bits per heavy atom. The first-order valence-corrected chi connectivity index (χ1v) is 8.67. The average molecular weight is 308 g/mol. The van der Waals surface area contributed by atoms with Crippen LogP contribution in [-0.4, -0.2) is 35.7 Å². The van der Waals surface area contributed by atoms with Crippen LogP contribution >= 0.6 is 0 Å². The van der Waals surface area contributed by atoms with E-state index in [0.717, 1.165) is 31.9 Å². The molecule has 1 aromatic heterocycles. The number of pyridine rings is 1. The zero-order valence-corrected chi connectivity index (χ0v) is 13.7. The van der Waals surface area contributed by atoms with Gasteiger partial charge in [-0.15, -0.1) is 0 Å². The molecule has 3 nitrogen and oxygen atoms in total. The van der Waals surface area contributed by atoms with E-state index in [0.29, 0.717) is 12.1 Å². The van der Waals surface area contributed by atoms with Gasteiger partial charge in [0.2, 0.25) is 0 Å². The van der Waals surface area contributed by atoms with E-state index in [-0.39, 0.29) is 0 Å². The molecule has 0 unspecified atom stereocenters. The van der Waals surface area contributed by atoms with Crippen molar-refractivity contribution in [2.45, 2.75) is 38.3 Å². The van der Waals surface area contributed by atoms with Gasteiger partial charge >= 0.3 is 0 Å². The highest BCUT2D eigenvalue weighted by Gasteiger charge is 2.33. The standard InChI is InChI=1S/C20H24N2O/c1-15-13-17(8-10-21-15)20-19-7-3-2-5-16(19)6-4-11-22(20)18-9-12-23-14-18/h2-3,5,7-8,10,13,18,20H,4,6,9,11-12,14H2,1H3/t18-,20-/m0/s1. The molecule has 3 heteroatoms. The summed E-state index contributed by atoms with van der Waals surface area (Å²) in [6.45, 7) is 4.97.